The molecule has 1 atom stereocenters. The zero-order valence-electron chi connectivity index (χ0n) is 15.7. The van der Waals surface area contributed by atoms with E-state index >= 15 is 0 Å². The number of carbonyl (C=O) groups excluding carboxylic acids is 2. The molecule has 0 saturated carbocycles. The van der Waals surface area contributed by atoms with Crippen molar-refractivity contribution < 1.29 is 14.3 Å². The van der Waals surface area contributed by atoms with E-state index in [9.17, 15) is 14.4 Å². The Kier molecular flexibility index (Phi) is 4.55. The SMILES string of the molecule is Cn1c(=O)c2sccc2n2c(COC(=O)CC3Sc4ccccc4NC3=O)nnc12. The van der Waals surface area contributed by atoms with Gasteiger partial charge < -0.3 is 10.1 Å². The Bertz CT molecular complexity index is 1370. The summed E-state index contributed by atoms with van der Waals surface area (Å²) in [6.45, 7) is -0.112. The van der Waals surface area contributed by atoms with Crippen LogP contribution in [0.4, 0.5) is 5.69 Å². The predicted octanol–water partition coefficient (Wildman–Crippen LogP) is 2.19. The van der Waals surface area contributed by atoms with Gasteiger partial charge in [0.25, 0.3) is 5.56 Å². The summed E-state index contributed by atoms with van der Waals surface area (Å²) in [5, 5.41) is 12.2. The number of hydrogen-bond donors (Lipinski definition) is 1. The van der Waals surface area contributed by atoms with Gasteiger partial charge in [-0.15, -0.1) is 33.3 Å². The molecule has 9 nitrogen and oxygen atoms in total. The standard InChI is InChI=1S/C19H15N5O4S2/c1-23-18(27)16-11(6-7-29-16)24-14(21-22-19(23)24)9-28-15(25)8-13-17(26)20-10-4-2-3-5-12(10)30-13/h2-7,13H,8-9H2,1H3,(H,20,26). The monoisotopic (exact) mass is 441 g/mol. The number of carbonyl (C=O) groups is 2. The maximum atomic E-state index is 12.4. The maximum absolute atomic E-state index is 12.4. The molecule has 0 aliphatic carbocycles. The number of para-hydroxylation sites is 1. The van der Waals surface area contributed by atoms with Gasteiger partial charge in [0.2, 0.25) is 11.7 Å². The van der Waals surface area contributed by atoms with Crippen molar-refractivity contribution in [2.24, 2.45) is 7.05 Å². The molecule has 1 aromatic carbocycles. The molecule has 4 aromatic rings. The van der Waals surface area contributed by atoms with Gasteiger partial charge in [0.05, 0.1) is 22.9 Å². The van der Waals surface area contributed by atoms with Crippen molar-refractivity contribution in [1.82, 2.24) is 19.2 Å². The number of fused-ring (bicyclic) bond motifs is 4. The van der Waals surface area contributed by atoms with Gasteiger partial charge in [0, 0.05) is 11.9 Å². The number of ether oxygens (including phenoxy) is 1. The molecule has 11 heteroatoms. The van der Waals surface area contributed by atoms with Crippen molar-refractivity contribution in [3.05, 3.63) is 51.9 Å². The van der Waals surface area contributed by atoms with E-state index in [4.69, 9.17) is 4.74 Å². The number of esters is 1. The fourth-order valence-electron chi connectivity index (χ4n) is 3.33. The molecule has 0 saturated heterocycles. The largest absolute Gasteiger partial charge is 0.457 e. The number of hydrogen-bond acceptors (Lipinski definition) is 8. The Hall–Kier alpha value is -3.18. The zero-order chi connectivity index (χ0) is 20.8. The normalized spacial score (nSPS) is 15.9. The van der Waals surface area contributed by atoms with Crippen LogP contribution in [0, 0.1) is 0 Å². The number of anilines is 1. The molecule has 0 bridgehead atoms. The van der Waals surface area contributed by atoms with E-state index in [1.165, 1.54) is 27.7 Å². The summed E-state index contributed by atoms with van der Waals surface area (Å²) in [5.74, 6) is 0.0444. The number of rotatable bonds is 4. The van der Waals surface area contributed by atoms with Gasteiger partial charge in [-0.25, -0.2) is 0 Å². The number of thioether (sulfide) groups is 1. The lowest BCUT2D eigenvalue weighted by molar-refractivity contribution is -0.146. The fraction of sp³-hybridized carbons (Fsp3) is 0.211. The molecule has 1 aliphatic rings. The third-order valence-corrected chi connectivity index (χ3v) is 6.98. The van der Waals surface area contributed by atoms with E-state index in [1.807, 2.05) is 35.7 Å². The van der Waals surface area contributed by atoms with Crippen molar-refractivity contribution in [2.75, 3.05) is 5.32 Å². The molecule has 0 radical (unpaired) electrons. The van der Waals surface area contributed by atoms with E-state index in [2.05, 4.69) is 15.5 Å². The summed E-state index contributed by atoms with van der Waals surface area (Å²) in [4.78, 5) is 38.0. The minimum absolute atomic E-state index is 0.0616. The van der Waals surface area contributed by atoms with Crippen LogP contribution in [0.1, 0.15) is 12.2 Å². The first-order valence-corrected chi connectivity index (χ1v) is 10.8. The van der Waals surface area contributed by atoms with Crippen LogP contribution in [0.2, 0.25) is 0 Å². The predicted molar refractivity (Wildman–Crippen MR) is 113 cm³/mol. The van der Waals surface area contributed by atoms with Gasteiger partial charge in [0.1, 0.15) is 4.70 Å². The number of amides is 1. The lowest BCUT2D eigenvalue weighted by Crippen LogP contribution is -2.31. The molecule has 3 aromatic heterocycles. The van der Waals surface area contributed by atoms with Crippen LogP contribution in [0.15, 0.2) is 45.4 Å². The minimum atomic E-state index is -0.563. The van der Waals surface area contributed by atoms with Gasteiger partial charge in [-0.1, -0.05) is 12.1 Å². The molecule has 152 valence electrons. The number of benzene rings is 1. The minimum Gasteiger partial charge on any atom is -0.457 e. The summed E-state index contributed by atoms with van der Waals surface area (Å²) in [6, 6.07) is 9.26. The van der Waals surface area contributed by atoms with E-state index in [0.29, 0.717) is 21.8 Å². The topological polar surface area (TPSA) is 108 Å². The molecule has 30 heavy (non-hydrogen) atoms. The first-order chi connectivity index (χ1) is 14.5. The number of thiophene rings is 1. The summed E-state index contributed by atoms with van der Waals surface area (Å²) in [7, 11) is 1.62. The Morgan fingerprint density at radius 3 is 2.93 bits per heavy atom. The highest BCUT2D eigenvalue weighted by Crippen LogP contribution is 2.36. The molecule has 1 amide bonds. The van der Waals surface area contributed by atoms with Crippen LogP contribution in [-0.4, -0.2) is 36.3 Å². The summed E-state index contributed by atoms with van der Waals surface area (Å²) >= 11 is 2.68. The van der Waals surface area contributed by atoms with Crippen LogP contribution in [0.3, 0.4) is 0 Å². The van der Waals surface area contributed by atoms with Gasteiger partial charge in [-0.05, 0) is 23.6 Å². The lowest BCUT2D eigenvalue weighted by Gasteiger charge is -2.23. The number of aromatic nitrogens is 4. The van der Waals surface area contributed by atoms with Crippen molar-refractivity contribution in [3.8, 4) is 0 Å². The van der Waals surface area contributed by atoms with Crippen molar-refractivity contribution in [3.63, 3.8) is 0 Å². The summed E-state index contributed by atoms with van der Waals surface area (Å²) < 4.78 is 9.09. The number of nitrogens with zero attached hydrogens (tertiary/aromatic N) is 4. The van der Waals surface area contributed by atoms with Crippen molar-refractivity contribution in [1.29, 1.82) is 0 Å². The zero-order valence-corrected chi connectivity index (χ0v) is 17.3. The van der Waals surface area contributed by atoms with Crippen molar-refractivity contribution >= 4 is 56.7 Å². The number of nitrogens with one attached hydrogen (secondary N) is 1. The molecular weight excluding hydrogens is 426 g/mol. The molecule has 0 fully saturated rings. The van der Waals surface area contributed by atoms with Crippen LogP contribution in [0.25, 0.3) is 16.0 Å². The second kappa shape index (κ2) is 7.26. The van der Waals surface area contributed by atoms with Gasteiger partial charge >= 0.3 is 5.97 Å². The van der Waals surface area contributed by atoms with Crippen LogP contribution >= 0.6 is 23.1 Å². The molecular formula is C19H15N5O4S2. The molecule has 1 aliphatic heterocycles. The van der Waals surface area contributed by atoms with E-state index in [-0.39, 0.29) is 24.5 Å². The average molecular weight is 441 g/mol. The van der Waals surface area contributed by atoms with Crippen LogP contribution < -0.4 is 10.9 Å². The molecule has 1 unspecified atom stereocenters. The first kappa shape index (κ1) is 18.8. The Labute approximate surface area is 177 Å². The van der Waals surface area contributed by atoms with Gasteiger partial charge in [-0.2, -0.15) is 0 Å². The third-order valence-electron chi connectivity index (χ3n) is 4.82. The average Bonchev–Trinajstić information content (AvgIpc) is 3.38. The molecule has 1 N–H and O–H groups in total. The third kappa shape index (κ3) is 3.06. The fourth-order valence-corrected chi connectivity index (χ4v) is 5.27. The lowest BCUT2D eigenvalue weighted by atomic mass is 10.2. The smallest absolute Gasteiger partial charge is 0.307 e. The second-order valence-corrected chi connectivity index (χ2v) is 8.87. The van der Waals surface area contributed by atoms with Crippen LogP contribution in [0.5, 0.6) is 0 Å². The molecule has 4 heterocycles. The Morgan fingerprint density at radius 2 is 2.07 bits per heavy atom. The second-order valence-electron chi connectivity index (χ2n) is 6.71. The van der Waals surface area contributed by atoms with Crippen LogP contribution in [-0.2, 0) is 28.0 Å². The summed E-state index contributed by atoms with van der Waals surface area (Å²) in [6.07, 6.45) is -0.0616. The van der Waals surface area contributed by atoms with E-state index in [0.717, 1.165) is 10.6 Å². The Balaban J connectivity index is 1.33. The number of aryl methyl sites for hydroxylation is 1. The van der Waals surface area contributed by atoms with Gasteiger partial charge in [0.15, 0.2) is 12.4 Å². The maximum Gasteiger partial charge on any atom is 0.307 e. The molecule has 5 rings (SSSR count). The van der Waals surface area contributed by atoms with Gasteiger partial charge in [-0.3, -0.25) is 23.4 Å². The highest BCUT2D eigenvalue weighted by molar-refractivity contribution is 8.01. The Morgan fingerprint density at radius 1 is 1.23 bits per heavy atom. The highest BCUT2D eigenvalue weighted by Gasteiger charge is 2.29. The van der Waals surface area contributed by atoms with E-state index in [1.54, 1.807) is 11.4 Å². The quantitative estimate of drug-likeness (QED) is 0.484. The highest BCUT2D eigenvalue weighted by atomic mass is 32.2. The first-order valence-electron chi connectivity index (χ1n) is 9.05. The summed E-state index contributed by atoms with van der Waals surface area (Å²) in [5.41, 5.74) is 1.27. The van der Waals surface area contributed by atoms with Crippen molar-refractivity contribution in [2.45, 2.75) is 23.2 Å². The van der Waals surface area contributed by atoms with E-state index < -0.39 is 11.2 Å². The molecule has 0 spiro atoms.